The fraction of sp³-hybridized carbons (Fsp3) is 0.333. The van der Waals surface area contributed by atoms with Crippen LogP contribution in [0.3, 0.4) is 0 Å². The van der Waals surface area contributed by atoms with Crippen LogP contribution in [0.2, 0.25) is 0 Å². The lowest BCUT2D eigenvalue weighted by Crippen LogP contribution is -2.24. The summed E-state index contributed by atoms with van der Waals surface area (Å²) in [4.78, 5) is 13.9. The summed E-state index contributed by atoms with van der Waals surface area (Å²) in [5.74, 6) is 0.215. The molecule has 5 heteroatoms. The molecule has 0 aliphatic carbocycles. The first-order chi connectivity index (χ1) is 8.24. The summed E-state index contributed by atoms with van der Waals surface area (Å²) in [6.45, 7) is 1.45. The number of fused-ring (bicyclic) bond motifs is 1. The van der Waals surface area contributed by atoms with Gasteiger partial charge in [-0.05, 0) is 11.6 Å². The number of rotatable bonds is 2. The van der Waals surface area contributed by atoms with Crippen LogP contribution in [0.4, 0.5) is 0 Å². The Bertz CT molecular complexity index is 566. The third-order valence-electron chi connectivity index (χ3n) is 3.10. The second-order valence-electron chi connectivity index (χ2n) is 4.32. The van der Waals surface area contributed by atoms with Crippen molar-refractivity contribution in [3.63, 3.8) is 0 Å². The molecule has 3 rings (SSSR count). The zero-order chi connectivity index (χ0) is 11.8. The molecule has 4 nitrogen and oxygen atoms in total. The Balaban J connectivity index is 1.90. The van der Waals surface area contributed by atoms with Gasteiger partial charge in [-0.15, -0.1) is 0 Å². The Morgan fingerprint density at radius 1 is 1.53 bits per heavy atom. The van der Waals surface area contributed by atoms with Crippen molar-refractivity contribution in [2.75, 3.05) is 6.54 Å². The Morgan fingerprint density at radius 2 is 2.41 bits per heavy atom. The van der Waals surface area contributed by atoms with Crippen LogP contribution in [0.1, 0.15) is 12.0 Å². The molecule has 1 aliphatic rings. The number of aromatic nitrogens is 2. The van der Waals surface area contributed by atoms with Crippen molar-refractivity contribution in [3.05, 3.63) is 30.0 Å². The molecule has 2 heterocycles. The molecule has 1 saturated heterocycles. The third kappa shape index (κ3) is 1.95. The first-order valence-corrected chi connectivity index (χ1v) is 6.48. The van der Waals surface area contributed by atoms with E-state index in [9.17, 15) is 4.79 Å². The number of carbonyl (C=O) groups excluding carboxylic acids is 1. The second kappa shape index (κ2) is 4.14. The highest BCUT2D eigenvalue weighted by atomic mass is 79.9. The fourth-order valence-electron chi connectivity index (χ4n) is 2.25. The van der Waals surface area contributed by atoms with E-state index in [1.165, 1.54) is 0 Å². The van der Waals surface area contributed by atoms with E-state index in [-0.39, 0.29) is 5.91 Å². The van der Waals surface area contributed by atoms with E-state index in [0.29, 0.717) is 17.8 Å². The molecule has 0 radical (unpaired) electrons. The summed E-state index contributed by atoms with van der Waals surface area (Å²) in [7, 11) is 0. The monoisotopic (exact) mass is 293 g/mol. The summed E-state index contributed by atoms with van der Waals surface area (Å²) >= 11 is 3.49. The number of hydrogen-bond donors (Lipinski definition) is 1. The van der Waals surface area contributed by atoms with Gasteiger partial charge < -0.3 is 4.90 Å². The molecular formula is C12H12BrN3O. The van der Waals surface area contributed by atoms with Gasteiger partial charge in [-0.3, -0.25) is 9.89 Å². The number of likely N-dealkylation sites (tertiary alicyclic amines) is 1. The second-order valence-corrected chi connectivity index (χ2v) is 5.62. The minimum atomic E-state index is 0.215. The average Bonchev–Trinajstić information content (AvgIpc) is 2.87. The Kier molecular flexibility index (Phi) is 2.63. The average molecular weight is 294 g/mol. The van der Waals surface area contributed by atoms with E-state index in [2.05, 4.69) is 26.1 Å². The smallest absolute Gasteiger partial charge is 0.224 e. The van der Waals surface area contributed by atoms with Crippen LogP contribution in [-0.4, -0.2) is 32.4 Å². The summed E-state index contributed by atoms with van der Waals surface area (Å²) in [6.07, 6.45) is 2.41. The molecule has 2 aromatic rings. The van der Waals surface area contributed by atoms with Gasteiger partial charge in [-0.1, -0.05) is 28.1 Å². The number of benzene rings is 1. The molecule has 0 spiro atoms. The largest absolute Gasteiger partial charge is 0.337 e. The minimum Gasteiger partial charge on any atom is -0.337 e. The quantitative estimate of drug-likeness (QED) is 0.862. The number of amides is 1. The van der Waals surface area contributed by atoms with Crippen LogP contribution in [-0.2, 0) is 11.3 Å². The SMILES string of the molecule is O=C1CC(Br)CN1Cc1cccc2[nH]ncc12. The molecule has 1 aliphatic heterocycles. The number of aromatic amines is 1. The van der Waals surface area contributed by atoms with Gasteiger partial charge in [0.15, 0.2) is 0 Å². The normalized spacial score (nSPS) is 20.4. The van der Waals surface area contributed by atoms with E-state index in [1.807, 2.05) is 29.3 Å². The van der Waals surface area contributed by atoms with Gasteiger partial charge in [-0.25, -0.2) is 0 Å². The maximum Gasteiger partial charge on any atom is 0.224 e. The summed E-state index contributed by atoms with van der Waals surface area (Å²) in [5, 5.41) is 8.07. The van der Waals surface area contributed by atoms with Gasteiger partial charge in [0.2, 0.25) is 5.91 Å². The van der Waals surface area contributed by atoms with E-state index in [4.69, 9.17) is 0 Å². The van der Waals surface area contributed by atoms with Crippen molar-refractivity contribution in [3.8, 4) is 0 Å². The van der Waals surface area contributed by atoms with Crippen molar-refractivity contribution in [2.45, 2.75) is 17.8 Å². The number of H-pyrrole nitrogens is 1. The van der Waals surface area contributed by atoms with Gasteiger partial charge in [0.05, 0.1) is 11.7 Å². The molecular weight excluding hydrogens is 282 g/mol. The first kappa shape index (κ1) is 10.8. The van der Waals surface area contributed by atoms with Crippen molar-refractivity contribution in [1.29, 1.82) is 0 Å². The van der Waals surface area contributed by atoms with E-state index >= 15 is 0 Å². The molecule has 1 aromatic carbocycles. The molecule has 1 amide bonds. The number of nitrogens with zero attached hydrogens (tertiary/aromatic N) is 2. The predicted octanol–water partition coefficient (Wildman–Crippen LogP) is 2.06. The topological polar surface area (TPSA) is 49.0 Å². The zero-order valence-corrected chi connectivity index (χ0v) is 10.8. The van der Waals surface area contributed by atoms with E-state index in [0.717, 1.165) is 23.0 Å². The number of halogens is 1. The molecule has 1 aromatic heterocycles. The predicted molar refractivity (Wildman–Crippen MR) is 68.8 cm³/mol. The maximum absolute atomic E-state index is 11.7. The molecule has 0 bridgehead atoms. The van der Waals surface area contributed by atoms with Gasteiger partial charge >= 0.3 is 0 Å². The lowest BCUT2D eigenvalue weighted by molar-refractivity contribution is -0.128. The van der Waals surface area contributed by atoms with Crippen LogP contribution >= 0.6 is 15.9 Å². The minimum absolute atomic E-state index is 0.215. The van der Waals surface area contributed by atoms with E-state index in [1.54, 1.807) is 0 Å². The molecule has 1 atom stereocenters. The van der Waals surface area contributed by atoms with Crippen LogP contribution in [0.25, 0.3) is 10.9 Å². The lowest BCUT2D eigenvalue weighted by Gasteiger charge is -2.16. The first-order valence-electron chi connectivity index (χ1n) is 5.57. The standard InChI is InChI=1S/C12H12BrN3O/c13-9-4-12(17)16(7-9)6-8-2-1-3-11-10(8)5-14-15-11/h1-3,5,9H,4,6-7H2,(H,14,15). The Labute approximate surface area is 107 Å². The van der Waals surface area contributed by atoms with Crippen LogP contribution < -0.4 is 0 Å². The summed E-state index contributed by atoms with van der Waals surface area (Å²) in [6, 6.07) is 6.03. The highest BCUT2D eigenvalue weighted by Gasteiger charge is 2.27. The van der Waals surface area contributed by atoms with Crippen molar-refractivity contribution >= 4 is 32.7 Å². The van der Waals surface area contributed by atoms with Crippen LogP contribution in [0.15, 0.2) is 24.4 Å². The third-order valence-corrected chi connectivity index (χ3v) is 3.72. The Morgan fingerprint density at radius 3 is 3.18 bits per heavy atom. The molecule has 17 heavy (non-hydrogen) atoms. The van der Waals surface area contributed by atoms with Crippen molar-refractivity contribution in [2.24, 2.45) is 0 Å². The molecule has 1 unspecified atom stereocenters. The van der Waals surface area contributed by atoms with Gasteiger partial charge in [0.1, 0.15) is 0 Å². The fourth-order valence-corrected chi connectivity index (χ4v) is 2.88. The summed E-state index contributed by atoms with van der Waals surface area (Å²) < 4.78 is 0. The number of carbonyl (C=O) groups is 1. The molecule has 88 valence electrons. The van der Waals surface area contributed by atoms with Crippen molar-refractivity contribution in [1.82, 2.24) is 15.1 Å². The van der Waals surface area contributed by atoms with Crippen LogP contribution in [0.5, 0.6) is 0 Å². The highest BCUT2D eigenvalue weighted by Crippen LogP contribution is 2.23. The van der Waals surface area contributed by atoms with Crippen molar-refractivity contribution < 1.29 is 4.79 Å². The number of nitrogens with one attached hydrogen (secondary N) is 1. The molecule has 0 saturated carbocycles. The molecule has 1 fully saturated rings. The van der Waals surface area contributed by atoms with Gasteiger partial charge in [-0.2, -0.15) is 5.10 Å². The molecule has 1 N–H and O–H groups in total. The maximum atomic E-state index is 11.7. The van der Waals surface area contributed by atoms with E-state index < -0.39 is 0 Å². The van der Waals surface area contributed by atoms with Gasteiger partial charge in [0.25, 0.3) is 0 Å². The van der Waals surface area contributed by atoms with Gasteiger partial charge in [0, 0.05) is 29.7 Å². The number of alkyl halides is 1. The number of hydrogen-bond acceptors (Lipinski definition) is 2. The Hall–Kier alpha value is -1.36. The van der Waals surface area contributed by atoms with Crippen LogP contribution in [0, 0.1) is 0 Å². The lowest BCUT2D eigenvalue weighted by atomic mass is 10.1. The highest BCUT2D eigenvalue weighted by molar-refractivity contribution is 9.09. The summed E-state index contributed by atoms with van der Waals surface area (Å²) in [5.41, 5.74) is 2.16. The zero-order valence-electron chi connectivity index (χ0n) is 9.19.